The molecule has 0 atom stereocenters. The molecule has 2 heterocycles. The molecule has 1 amide bonds. The average molecular weight is 252 g/mol. The summed E-state index contributed by atoms with van der Waals surface area (Å²) >= 11 is 1.23. The third-order valence-corrected chi connectivity index (χ3v) is 2.67. The first-order valence-electron chi connectivity index (χ1n) is 4.57. The Kier molecular flexibility index (Phi) is 3.15. The average Bonchev–Trinajstić information content (AvgIpc) is 2.98. The fourth-order valence-electron chi connectivity index (χ4n) is 1.04. The maximum atomic E-state index is 11.6. The zero-order chi connectivity index (χ0) is 12.3. The lowest BCUT2D eigenvalue weighted by Crippen LogP contribution is -2.12. The molecular weight excluding hydrogens is 244 g/mol. The number of thiazole rings is 1. The largest absolute Gasteiger partial charge is 0.411 e. The standard InChI is InChI=1S/C9H8N4O3S/c1-5(12-15)7-4-17-9(10-7)11-8(14)6-2-3-16-13-6/h2-4,15H,1H3,(H,10,11,14)/b12-5+. The van der Waals surface area contributed by atoms with Crippen LogP contribution in [0.4, 0.5) is 5.13 Å². The van der Waals surface area contributed by atoms with E-state index in [0.29, 0.717) is 16.5 Å². The first-order chi connectivity index (χ1) is 8.20. The van der Waals surface area contributed by atoms with Gasteiger partial charge in [0.1, 0.15) is 17.7 Å². The summed E-state index contributed by atoms with van der Waals surface area (Å²) in [5.41, 5.74) is 1.06. The number of nitrogens with one attached hydrogen (secondary N) is 1. The molecule has 0 aromatic carbocycles. The van der Waals surface area contributed by atoms with Gasteiger partial charge in [0, 0.05) is 11.4 Å². The summed E-state index contributed by atoms with van der Waals surface area (Å²) in [6.45, 7) is 1.61. The first kappa shape index (κ1) is 11.3. The highest BCUT2D eigenvalue weighted by Crippen LogP contribution is 2.16. The number of aromatic nitrogens is 2. The molecular formula is C9H8N4O3S. The van der Waals surface area contributed by atoms with Crippen LogP contribution >= 0.6 is 11.3 Å². The molecule has 7 nitrogen and oxygen atoms in total. The van der Waals surface area contributed by atoms with E-state index in [9.17, 15) is 4.79 Å². The van der Waals surface area contributed by atoms with Crippen LogP contribution < -0.4 is 5.32 Å². The van der Waals surface area contributed by atoms with Crippen LogP contribution in [-0.4, -0.2) is 27.0 Å². The van der Waals surface area contributed by atoms with E-state index in [0.717, 1.165) is 0 Å². The summed E-state index contributed by atoms with van der Waals surface area (Å²) in [6, 6.07) is 1.45. The van der Waals surface area contributed by atoms with Crippen LogP contribution in [0.5, 0.6) is 0 Å². The van der Waals surface area contributed by atoms with Gasteiger partial charge >= 0.3 is 0 Å². The second kappa shape index (κ2) is 4.74. The Morgan fingerprint density at radius 2 is 2.41 bits per heavy atom. The number of nitrogens with zero attached hydrogens (tertiary/aromatic N) is 3. The smallest absolute Gasteiger partial charge is 0.279 e. The minimum Gasteiger partial charge on any atom is -0.411 e. The minimum absolute atomic E-state index is 0.175. The molecule has 2 aromatic rings. The quantitative estimate of drug-likeness (QED) is 0.490. The molecule has 88 valence electrons. The lowest BCUT2D eigenvalue weighted by molar-refractivity contribution is 0.101. The zero-order valence-electron chi connectivity index (χ0n) is 8.75. The van der Waals surface area contributed by atoms with Gasteiger partial charge in [0.15, 0.2) is 10.8 Å². The van der Waals surface area contributed by atoms with E-state index in [2.05, 4.69) is 25.1 Å². The third-order valence-electron chi connectivity index (χ3n) is 1.92. The van der Waals surface area contributed by atoms with Crippen molar-refractivity contribution in [2.45, 2.75) is 6.92 Å². The highest BCUT2D eigenvalue weighted by atomic mass is 32.1. The molecule has 0 saturated heterocycles. The van der Waals surface area contributed by atoms with Crippen molar-refractivity contribution < 1.29 is 14.5 Å². The van der Waals surface area contributed by atoms with Gasteiger partial charge in [-0.2, -0.15) is 0 Å². The van der Waals surface area contributed by atoms with Gasteiger partial charge in [-0.15, -0.1) is 11.3 Å². The topological polar surface area (TPSA) is 101 Å². The van der Waals surface area contributed by atoms with Crippen molar-refractivity contribution in [3.8, 4) is 0 Å². The number of rotatable bonds is 3. The van der Waals surface area contributed by atoms with Crippen LogP contribution in [0.15, 0.2) is 27.4 Å². The summed E-state index contributed by atoms with van der Waals surface area (Å²) < 4.78 is 4.55. The van der Waals surface area contributed by atoms with Crippen LogP contribution in [0.25, 0.3) is 0 Å². The van der Waals surface area contributed by atoms with E-state index in [4.69, 9.17) is 5.21 Å². The molecule has 17 heavy (non-hydrogen) atoms. The predicted molar refractivity (Wildman–Crippen MR) is 60.6 cm³/mol. The normalized spacial score (nSPS) is 11.5. The zero-order valence-corrected chi connectivity index (χ0v) is 9.56. The Labute approximate surface area is 99.8 Å². The first-order valence-corrected chi connectivity index (χ1v) is 5.45. The Morgan fingerprint density at radius 3 is 3.06 bits per heavy atom. The number of hydrogen-bond acceptors (Lipinski definition) is 7. The Balaban J connectivity index is 2.10. The SMILES string of the molecule is C/C(=N\O)c1csc(NC(=O)c2ccon2)n1. The Bertz CT molecular complexity index is 546. The molecule has 0 bridgehead atoms. The van der Waals surface area contributed by atoms with Crippen molar-refractivity contribution in [3.63, 3.8) is 0 Å². The molecule has 0 spiro atoms. The third kappa shape index (κ3) is 2.48. The van der Waals surface area contributed by atoms with Gasteiger partial charge < -0.3 is 9.73 Å². The number of hydrogen-bond donors (Lipinski definition) is 2. The van der Waals surface area contributed by atoms with Crippen molar-refractivity contribution >= 4 is 28.1 Å². The van der Waals surface area contributed by atoms with Gasteiger partial charge in [-0.3, -0.25) is 10.1 Å². The van der Waals surface area contributed by atoms with Gasteiger partial charge in [-0.1, -0.05) is 10.3 Å². The lowest BCUT2D eigenvalue weighted by Gasteiger charge is -1.96. The second-order valence-corrected chi connectivity index (χ2v) is 3.92. The molecule has 2 aromatic heterocycles. The van der Waals surface area contributed by atoms with E-state index in [1.54, 1.807) is 12.3 Å². The molecule has 0 aliphatic rings. The van der Waals surface area contributed by atoms with Crippen molar-refractivity contribution in [3.05, 3.63) is 29.1 Å². The summed E-state index contributed by atoms with van der Waals surface area (Å²) in [7, 11) is 0. The van der Waals surface area contributed by atoms with Crippen LogP contribution in [0.2, 0.25) is 0 Å². The van der Waals surface area contributed by atoms with Crippen LogP contribution in [0, 0.1) is 0 Å². The number of amides is 1. The molecule has 2 N–H and O–H groups in total. The molecule has 0 fully saturated rings. The molecule has 0 saturated carbocycles. The highest BCUT2D eigenvalue weighted by molar-refractivity contribution is 7.14. The van der Waals surface area contributed by atoms with Crippen molar-refractivity contribution in [2.75, 3.05) is 5.32 Å². The maximum absolute atomic E-state index is 11.6. The fraction of sp³-hybridized carbons (Fsp3) is 0.111. The molecule has 0 aliphatic heterocycles. The number of carbonyl (C=O) groups is 1. The predicted octanol–water partition coefficient (Wildman–Crippen LogP) is 1.58. The number of carbonyl (C=O) groups excluding carboxylic acids is 1. The molecule has 0 radical (unpaired) electrons. The lowest BCUT2D eigenvalue weighted by atomic mass is 10.3. The van der Waals surface area contributed by atoms with Gasteiger partial charge in [0.2, 0.25) is 0 Å². The van der Waals surface area contributed by atoms with Crippen LogP contribution in [0.1, 0.15) is 23.1 Å². The van der Waals surface area contributed by atoms with Gasteiger partial charge in [0.05, 0.1) is 0 Å². The fourth-order valence-corrected chi connectivity index (χ4v) is 1.79. The van der Waals surface area contributed by atoms with E-state index in [-0.39, 0.29) is 5.69 Å². The van der Waals surface area contributed by atoms with Gasteiger partial charge in [-0.25, -0.2) is 4.98 Å². The summed E-state index contributed by atoms with van der Waals surface area (Å²) in [6.07, 6.45) is 1.31. The number of oxime groups is 1. The molecule has 2 rings (SSSR count). The Hall–Kier alpha value is -2.22. The summed E-state index contributed by atoms with van der Waals surface area (Å²) in [5, 5.41) is 19.7. The maximum Gasteiger partial charge on any atom is 0.279 e. The van der Waals surface area contributed by atoms with Crippen molar-refractivity contribution in [1.29, 1.82) is 0 Å². The Morgan fingerprint density at radius 1 is 1.59 bits per heavy atom. The van der Waals surface area contributed by atoms with Crippen molar-refractivity contribution in [1.82, 2.24) is 10.1 Å². The van der Waals surface area contributed by atoms with Gasteiger partial charge in [-0.05, 0) is 6.92 Å². The van der Waals surface area contributed by atoms with E-state index >= 15 is 0 Å². The van der Waals surface area contributed by atoms with E-state index < -0.39 is 5.91 Å². The van der Waals surface area contributed by atoms with Crippen LogP contribution in [0.3, 0.4) is 0 Å². The van der Waals surface area contributed by atoms with E-state index in [1.807, 2.05) is 0 Å². The molecule has 8 heteroatoms. The monoisotopic (exact) mass is 252 g/mol. The molecule has 0 unspecified atom stereocenters. The minimum atomic E-state index is -0.404. The molecule has 0 aliphatic carbocycles. The highest BCUT2D eigenvalue weighted by Gasteiger charge is 2.12. The number of anilines is 1. The van der Waals surface area contributed by atoms with Gasteiger partial charge in [0.25, 0.3) is 5.91 Å². The van der Waals surface area contributed by atoms with Crippen LogP contribution in [-0.2, 0) is 0 Å². The van der Waals surface area contributed by atoms with Crippen molar-refractivity contribution in [2.24, 2.45) is 5.16 Å². The second-order valence-electron chi connectivity index (χ2n) is 3.06. The summed E-state index contributed by atoms with van der Waals surface area (Å²) in [5.74, 6) is -0.404. The summed E-state index contributed by atoms with van der Waals surface area (Å²) in [4.78, 5) is 15.6. The van der Waals surface area contributed by atoms with E-state index in [1.165, 1.54) is 23.7 Å².